The molecule has 2 N–H and O–H groups in total. The van der Waals surface area contributed by atoms with Crippen LogP contribution in [0, 0.1) is 11.6 Å². The van der Waals surface area contributed by atoms with Gasteiger partial charge in [0.1, 0.15) is 0 Å². The number of aromatic hydroxyl groups is 1. The third kappa shape index (κ3) is 4.91. The highest BCUT2D eigenvalue weighted by Gasteiger charge is 2.08. The molecule has 0 atom stereocenters. The Hall–Kier alpha value is -0.810. The minimum Gasteiger partial charge on any atom is -0.503 e. The Labute approximate surface area is 104 Å². The van der Waals surface area contributed by atoms with E-state index < -0.39 is 17.4 Å². The molecule has 0 aliphatic carbocycles. The van der Waals surface area contributed by atoms with E-state index in [4.69, 9.17) is 5.11 Å². The van der Waals surface area contributed by atoms with Gasteiger partial charge in [0.15, 0.2) is 17.4 Å². The molecule has 0 aliphatic heterocycles. The number of benzene rings is 1. The summed E-state index contributed by atoms with van der Waals surface area (Å²) in [6.07, 6.45) is 4.24. The Balaban J connectivity index is 2.32. The molecule has 1 aromatic carbocycles. The van der Waals surface area contributed by atoms with Gasteiger partial charge in [-0.2, -0.15) is 11.8 Å². The average Bonchev–Trinajstić information content (AvgIpc) is 2.30. The van der Waals surface area contributed by atoms with Crippen LogP contribution in [-0.4, -0.2) is 23.7 Å². The van der Waals surface area contributed by atoms with Crippen molar-refractivity contribution in [2.45, 2.75) is 19.4 Å². The molecule has 0 fully saturated rings. The summed E-state index contributed by atoms with van der Waals surface area (Å²) in [4.78, 5) is 0. The van der Waals surface area contributed by atoms with Crippen LogP contribution in [0.15, 0.2) is 12.1 Å². The normalized spacial score (nSPS) is 10.8. The summed E-state index contributed by atoms with van der Waals surface area (Å²) in [6.45, 7) is 1.23. The van der Waals surface area contributed by atoms with E-state index in [1.807, 2.05) is 0 Å². The predicted octanol–water partition coefficient (Wildman–Crippen LogP) is 2.90. The molecule has 5 heteroatoms. The van der Waals surface area contributed by atoms with Crippen LogP contribution in [-0.2, 0) is 6.54 Å². The van der Waals surface area contributed by atoms with Gasteiger partial charge in [-0.1, -0.05) is 0 Å². The minimum absolute atomic E-state index is 0.410. The number of rotatable bonds is 7. The Morgan fingerprint density at radius 2 is 1.88 bits per heavy atom. The topological polar surface area (TPSA) is 32.3 Å². The molecule has 0 saturated heterocycles. The molecule has 0 radical (unpaired) electrons. The maximum atomic E-state index is 13.0. The maximum Gasteiger partial charge on any atom is 0.187 e. The predicted molar refractivity (Wildman–Crippen MR) is 67.3 cm³/mol. The van der Waals surface area contributed by atoms with Gasteiger partial charge >= 0.3 is 0 Å². The lowest BCUT2D eigenvalue weighted by Gasteiger charge is -2.06. The Bertz CT molecular complexity index is 337. The van der Waals surface area contributed by atoms with Crippen molar-refractivity contribution in [1.82, 2.24) is 5.32 Å². The maximum absolute atomic E-state index is 13.0. The zero-order chi connectivity index (χ0) is 12.7. The first-order chi connectivity index (χ1) is 8.15. The van der Waals surface area contributed by atoms with Crippen LogP contribution in [0.2, 0.25) is 0 Å². The molecule has 0 amide bonds. The van der Waals surface area contributed by atoms with Crippen LogP contribution >= 0.6 is 11.8 Å². The summed E-state index contributed by atoms with van der Waals surface area (Å²) < 4.78 is 26.0. The van der Waals surface area contributed by atoms with E-state index in [1.54, 1.807) is 11.8 Å². The second kappa shape index (κ2) is 7.50. The van der Waals surface area contributed by atoms with Gasteiger partial charge in [-0.15, -0.1) is 0 Å². The number of hydrogen-bond acceptors (Lipinski definition) is 3. The molecule has 0 saturated carbocycles. The first-order valence-corrected chi connectivity index (χ1v) is 6.91. The number of nitrogens with one attached hydrogen (secondary N) is 1. The van der Waals surface area contributed by atoms with Gasteiger partial charge in [0.2, 0.25) is 0 Å². The van der Waals surface area contributed by atoms with Crippen molar-refractivity contribution >= 4 is 11.8 Å². The summed E-state index contributed by atoms with van der Waals surface area (Å²) in [5.74, 6) is -1.61. The van der Waals surface area contributed by atoms with E-state index in [1.165, 1.54) is 0 Å². The molecule has 2 nitrogen and oxygen atoms in total. The van der Waals surface area contributed by atoms with Gasteiger partial charge in [0.25, 0.3) is 0 Å². The van der Waals surface area contributed by atoms with E-state index in [-0.39, 0.29) is 0 Å². The van der Waals surface area contributed by atoms with Crippen molar-refractivity contribution in [3.8, 4) is 5.75 Å². The lowest BCUT2D eigenvalue weighted by Crippen LogP contribution is -2.15. The zero-order valence-corrected chi connectivity index (χ0v) is 10.6. The lowest BCUT2D eigenvalue weighted by molar-refractivity contribution is 0.395. The average molecular weight is 261 g/mol. The Morgan fingerprint density at radius 1 is 1.24 bits per heavy atom. The third-order valence-corrected chi connectivity index (χ3v) is 3.05. The third-order valence-electron chi connectivity index (χ3n) is 2.36. The fraction of sp³-hybridized carbons (Fsp3) is 0.500. The second-order valence-corrected chi connectivity index (χ2v) is 4.77. The molecule has 1 aromatic rings. The van der Waals surface area contributed by atoms with Crippen molar-refractivity contribution < 1.29 is 13.9 Å². The molecular weight excluding hydrogens is 244 g/mol. The number of phenols is 1. The summed E-state index contributed by atoms with van der Waals surface area (Å²) in [5, 5.41) is 12.0. The monoisotopic (exact) mass is 261 g/mol. The Kier molecular flexibility index (Phi) is 6.29. The molecule has 0 bridgehead atoms. The zero-order valence-electron chi connectivity index (χ0n) is 9.80. The van der Waals surface area contributed by atoms with E-state index in [2.05, 4.69) is 11.6 Å². The van der Waals surface area contributed by atoms with Gasteiger partial charge in [0, 0.05) is 6.54 Å². The molecular formula is C12H17F2NOS. The largest absolute Gasteiger partial charge is 0.503 e. The summed E-state index contributed by atoms with van der Waals surface area (Å²) in [5.41, 5.74) is 0.502. The quantitative estimate of drug-likeness (QED) is 0.740. The van der Waals surface area contributed by atoms with E-state index >= 15 is 0 Å². The minimum atomic E-state index is -0.913. The SMILES string of the molecule is CSCCCCNCc1cc(F)c(O)c(F)c1. The highest BCUT2D eigenvalue weighted by molar-refractivity contribution is 7.98. The van der Waals surface area contributed by atoms with Crippen LogP contribution < -0.4 is 5.32 Å². The molecule has 0 unspecified atom stereocenters. The summed E-state index contributed by atoms with van der Waals surface area (Å²) >= 11 is 1.81. The fourth-order valence-corrected chi connectivity index (χ4v) is 1.94. The Morgan fingerprint density at radius 3 is 2.47 bits per heavy atom. The second-order valence-electron chi connectivity index (χ2n) is 3.78. The lowest BCUT2D eigenvalue weighted by atomic mass is 10.2. The van der Waals surface area contributed by atoms with Crippen molar-refractivity contribution in [2.75, 3.05) is 18.6 Å². The number of unbranched alkanes of at least 4 members (excludes halogenated alkanes) is 1. The number of hydrogen-bond donors (Lipinski definition) is 2. The highest BCUT2D eigenvalue weighted by Crippen LogP contribution is 2.21. The van der Waals surface area contributed by atoms with Crippen LogP contribution in [0.5, 0.6) is 5.75 Å². The molecule has 0 aliphatic rings. The number of phenolic OH excluding ortho intramolecular Hbond substituents is 1. The smallest absolute Gasteiger partial charge is 0.187 e. The highest BCUT2D eigenvalue weighted by atomic mass is 32.2. The van der Waals surface area contributed by atoms with Gasteiger partial charge in [-0.25, -0.2) is 8.78 Å². The van der Waals surface area contributed by atoms with Crippen molar-refractivity contribution in [2.24, 2.45) is 0 Å². The molecule has 96 valence electrons. The van der Waals surface area contributed by atoms with E-state index in [0.29, 0.717) is 12.1 Å². The van der Waals surface area contributed by atoms with Gasteiger partial charge in [0.05, 0.1) is 0 Å². The molecule has 17 heavy (non-hydrogen) atoms. The van der Waals surface area contributed by atoms with E-state index in [0.717, 1.165) is 37.3 Å². The molecule has 0 spiro atoms. The summed E-state index contributed by atoms with van der Waals surface area (Å²) in [7, 11) is 0. The van der Waals surface area contributed by atoms with E-state index in [9.17, 15) is 8.78 Å². The van der Waals surface area contributed by atoms with Gasteiger partial charge in [-0.3, -0.25) is 0 Å². The first kappa shape index (κ1) is 14.3. The number of thioether (sulfide) groups is 1. The fourth-order valence-electron chi connectivity index (χ4n) is 1.45. The first-order valence-electron chi connectivity index (χ1n) is 5.51. The van der Waals surface area contributed by atoms with Gasteiger partial charge < -0.3 is 10.4 Å². The van der Waals surface area contributed by atoms with Crippen molar-refractivity contribution in [3.63, 3.8) is 0 Å². The van der Waals surface area contributed by atoms with Crippen LogP contribution in [0.3, 0.4) is 0 Å². The van der Waals surface area contributed by atoms with Crippen LogP contribution in [0.1, 0.15) is 18.4 Å². The number of halogens is 2. The van der Waals surface area contributed by atoms with Crippen LogP contribution in [0.4, 0.5) is 8.78 Å². The van der Waals surface area contributed by atoms with Crippen LogP contribution in [0.25, 0.3) is 0 Å². The molecule has 0 aromatic heterocycles. The summed E-state index contributed by atoms with van der Waals surface area (Å²) in [6, 6.07) is 2.29. The van der Waals surface area contributed by atoms with Crippen molar-refractivity contribution in [1.29, 1.82) is 0 Å². The van der Waals surface area contributed by atoms with Crippen molar-refractivity contribution in [3.05, 3.63) is 29.3 Å². The standard InChI is InChI=1S/C12H17F2NOS/c1-17-5-3-2-4-15-8-9-6-10(13)12(16)11(14)7-9/h6-7,15-16H,2-5,8H2,1H3. The molecule has 1 rings (SSSR count). The molecule has 0 heterocycles. The van der Waals surface area contributed by atoms with Gasteiger partial charge in [-0.05, 0) is 49.1 Å².